The molecule has 0 aliphatic carbocycles. The number of aryl methyl sites for hydroxylation is 1. The number of nitrogens with one attached hydrogen (secondary N) is 3. The molecule has 0 unspecified atom stereocenters. The predicted molar refractivity (Wildman–Crippen MR) is 97.7 cm³/mol. The fourth-order valence-corrected chi connectivity index (χ4v) is 2.53. The molecule has 0 bridgehead atoms. The van der Waals surface area contributed by atoms with Crippen LogP contribution in [0.1, 0.15) is 15.9 Å². The maximum absolute atomic E-state index is 13.9. The van der Waals surface area contributed by atoms with E-state index in [-0.39, 0.29) is 16.3 Å². The molecular weight excluding hydrogens is 399 g/mol. The first kappa shape index (κ1) is 21.5. The Hall–Kier alpha value is -2.78. The van der Waals surface area contributed by atoms with Gasteiger partial charge in [0.1, 0.15) is 0 Å². The van der Waals surface area contributed by atoms with Crippen molar-refractivity contribution in [2.45, 2.75) is 18.8 Å². The van der Waals surface area contributed by atoms with Gasteiger partial charge < -0.3 is 15.5 Å². The van der Waals surface area contributed by atoms with Crippen LogP contribution in [0.2, 0.25) is 5.02 Å². The number of hydrogen-bond acceptors (Lipinski definition) is 5. The van der Waals surface area contributed by atoms with Gasteiger partial charge in [0.05, 0.1) is 12.8 Å². The highest BCUT2D eigenvalue weighted by Gasteiger charge is 2.63. The van der Waals surface area contributed by atoms with E-state index in [9.17, 15) is 22.8 Å². The number of benzene rings is 2. The average Bonchev–Trinajstić information content (AvgIpc) is 2.63. The summed E-state index contributed by atoms with van der Waals surface area (Å²) in [4.78, 5) is 24.6. The van der Waals surface area contributed by atoms with Crippen LogP contribution in [0.4, 0.5) is 18.9 Å². The van der Waals surface area contributed by atoms with Crippen molar-refractivity contribution in [1.29, 1.82) is 0 Å². The number of anilines is 1. The van der Waals surface area contributed by atoms with E-state index in [4.69, 9.17) is 11.6 Å². The average molecular weight is 416 g/mol. The number of alkyl halides is 3. The van der Waals surface area contributed by atoms with Crippen LogP contribution in [-0.2, 0) is 9.53 Å². The maximum Gasteiger partial charge on any atom is 0.438 e. The van der Waals surface area contributed by atoms with Gasteiger partial charge in [0.25, 0.3) is 5.91 Å². The van der Waals surface area contributed by atoms with Crippen LogP contribution in [0.5, 0.6) is 0 Å². The molecule has 150 valence electrons. The van der Waals surface area contributed by atoms with Crippen molar-refractivity contribution in [3.8, 4) is 0 Å². The van der Waals surface area contributed by atoms with Gasteiger partial charge in [-0.1, -0.05) is 35.9 Å². The van der Waals surface area contributed by atoms with Crippen LogP contribution in [0.15, 0.2) is 48.5 Å². The van der Waals surface area contributed by atoms with Crippen molar-refractivity contribution in [2.75, 3.05) is 12.5 Å². The van der Waals surface area contributed by atoms with Crippen LogP contribution in [0.3, 0.4) is 0 Å². The van der Waals surface area contributed by atoms with E-state index in [1.165, 1.54) is 36.4 Å². The Balaban J connectivity index is 2.41. The van der Waals surface area contributed by atoms with E-state index < -0.39 is 23.7 Å². The molecule has 10 heteroatoms. The molecule has 0 aromatic heterocycles. The minimum atomic E-state index is -5.25. The van der Waals surface area contributed by atoms with Gasteiger partial charge in [0, 0.05) is 10.6 Å². The highest BCUT2D eigenvalue weighted by atomic mass is 35.5. The van der Waals surface area contributed by atoms with Crippen molar-refractivity contribution < 1.29 is 27.5 Å². The Morgan fingerprint density at radius 2 is 1.75 bits per heavy atom. The summed E-state index contributed by atoms with van der Waals surface area (Å²) in [6, 6.07) is 11.8. The van der Waals surface area contributed by atoms with Crippen molar-refractivity contribution in [3.63, 3.8) is 0 Å². The van der Waals surface area contributed by atoms with Crippen LogP contribution < -0.4 is 16.2 Å². The number of carbonyl (C=O) groups is 2. The Kier molecular flexibility index (Phi) is 6.52. The first-order valence-corrected chi connectivity index (χ1v) is 8.30. The topological polar surface area (TPSA) is 79.5 Å². The molecule has 0 spiro atoms. The molecule has 0 saturated heterocycles. The molecule has 2 aromatic rings. The van der Waals surface area contributed by atoms with Gasteiger partial charge in [-0.2, -0.15) is 18.6 Å². The lowest BCUT2D eigenvalue weighted by Crippen LogP contribution is -2.73. The number of hydrogen-bond donors (Lipinski definition) is 3. The molecule has 0 aliphatic heterocycles. The molecular formula is C18H17ClF3N3O3. The van der Waals surface area contributed by atoms with Gasteiger partial charge in [-0.25, -0.2) is 4.79 Å². The summed E-state index contributed by atoms with van der Waals surface area (Å²) in [6.07, 6.45) is -5.25. The van der Waals surface area contributed by atoms with Gasteiger partial charge in [0.15, 0.2) is 0 Å². The van der Waals surface area contributed by atoms with Crippen LogP contribution in [-0.4, -0.2) is 30.8 Å². The number of esters is 1. The van der Waals surface area contributed by atoms with E-state index in [1.54, 1.807) is 24.4 Å². The number of amides is 1. The number of ether oxygens (including phenoxy) is 1. The smallest absolute Gasteiger partial charge is 0.438 e. The van der Waals surface area contributed by atoms with Gasteiger partial charge >= 0.3 is 17.8 Å². The molecule has 0 heterocycles. The number of methoxy groups -OCH3 is 1. The summed E-state index contributed by atoms with van der Waals surface area (Å²) in [5, 5.41) is 1.97. The van der Waals surface area contributed by atoms with Crippen LogP contribution in [0.25, 0.3) is 0 Å². The fraction of sp³-hybridized carbons (Fsp3) is 0.222. The number of carbonyl (C=O) groups excluding carboxylic acids is 2. The normalized spacial score (nSPS) is 13.4. The van der Waals surface area contributed by atoms with Crippen LogP contribution >= 0.6 is 11.6 Å². The zero-order valence-corrected chi connectivity index (χ0v) is 15.6. The van der Waals surface area contributed by atoms with Gasteiger partial charge in [-0.3, -0.25) is 4.79 Å². The van der Waals surface area contributed by atoms with Gasteiger partial charge in [-0.15, -0.1) is 0 Å². The highest BCUT2D eigenvalue weighted by Crippen LogP contribution is 2.30. The SMILES string of the molecule is COC(=O)[C@](NNc1cccc(Cl)c1)(NC(=O)c1ccccc1C)C(F)(F)F. The number of rotatable bonds is 6. The third kappa shape index (κ3) is 4.55. The summed E-state index contributed by atoms with van der Waals surface area (Å²) in [5.74, 6) is -2.86. The number of halogens is 4. The predicted octanol–water partition coefficient (Wildman–Crippen LogP) is 3.43. The Labute approximate surface area is 164 Å². The van der Waals surface area contributed by atoms with Crippen molar-refractivity contribution in [3.05, 3.63) is 64.7 Å². The molecule has 1 amide bonds. The summed E-state index contributed by atoms with van der Waals surface area (Å²) in [7, 11) is 0.782. The number of hydrazine groups is 1. The standard InChI is InChI=1S/C18H17ClF3N3O3/c1-11-6-3-4-9-14(11)15(26)23-17(16(27)28-2,18(20,21)22)25-24-13-8-5-7-12(19)10-13/h3-10,24-25H,1-2H3,(H,23,26)/t17-/m1/s1. The molecule has 0 fully saturated rings. The Morgan fingerprint density at radius 3 is 2.32 bits per heavy atom. The first-order valence-electron chi connectivity index (χ1n) is 7.93. The van der Waals surface area contributed by atoms with Crippen molar-refractivity contribution >= 4 is 29.2 Å². The summed E-state index contributed by atoms with van der Waals surface area (Å²) in [5.41, 5.74) is 1.09. The maximum atomic E-state index is 13.9. The molecule has 28 heavy (non-hydrogen) atoms. The second-order valence-corrected chi connectivity index (χ2v) is 6.21. The summed E-state index contributed by atoms with van der Waals surface area (Å²) >= 11 is 5.80. The fourth-order valence-electron chi connectivity index (χ4n) is 2.34. The monoisotopic (exact) mass is 415 g/mol. The molecule has 0 radical (unpaired) electrons. The second-order valence-electron chi connectivity index (χ2n) is 5.77. The van der Waals surface area contributed by atoms with E-state index in [0.717, 1.165) is 7.11 Å². The Bertz CT molecular complexity index is 876. The second kappa shape index (κ2) is 8.49. The molecule has 1 atom stereocenters. The lowest BCUT2D eigenvalue weighted by atomic mass is 10.1. The largest absolute Gasteiger partial charge is 0.466 e. The first-order chi connectivity index (χ1) is 13.1. The minimum absolute atomic E-state index is 0.0235. The lowest BCUT2D eigenvalue weighted by Gasteiger charge is -2.34. The molecule has 0 aliphatic rings. The molecule has 0 saturated carbocycles. The Morgan fingerprint density at radius 1 is 1.07 bits per heavy atom. The molecule has 2 aromatic carbocycles. The molecule has 6 nitrogen and oxygen atoms in total. The highest BCUT2D eigenvalue weighted by molar-refractivity contribution is 6.30. The van der Waals surface area contributed by atoms with E-state index in [1.807, 2.05) is 5.43 Å². The van der Waals surface area contributed by atoms with E-state index >= 15 is 0 Å². The van der Waals surface area contributed by atoms with Gasteiger partial charge in [-0.05, 0) is 36.8 Å². The van der Waals surface area contributed by atoms with E-state index in [0.29, 0.717) is 5.56 Å². The quantitative estimate of drug-likeness (QED) is 0.383. The summed E-state index contributed by atoms with van der Waals surface area (Å²) in [6.45, 7) is 1.56. The van der Waals surface area contributed by atoms with Crippen molar-refractivity contribution in [2.24, 2.45) is 0 Å². The van der Waals surface area contributed by atoms with Crippen molar-refractivity contribution in [1.82, 2.24) is 10.7 Å². The van der Waals surface area contributed by atoms with Gasteiger partial charge in [0.2, 0.25) is 0 Å². The van der Waals surface area contributed by atoms with E-state index in [2.05, 4.69) is 10.2 Å². The molecule has 3 N–H and O–H groups in total. The third-order valence-electron chi connectivity index (χ3n) is 3.83. The zero-order valence-electron chi connectivity index (χ0n) is 14.9. The van der Waals surface area contributed by atoms with Crippen LogP contribution in [0, 0.1) is 6.92 Å². The molecule has 2 rings (SSSR count). The minimum Gasteiger partial charge on any atom is -0.466 e. The lowest BCUT2D eigenvalue weighted by molar-refractivity contribution is -0.215. The summed E-state index contributed by atoms with van der Waals surface area (Å²) < 4.78 is 46.1. The third-order valence-corrected chi connectivity index (χ3v) is 4.06. The zero-order chi connectivity index (χ0) is 20.9.